The molecule has 0 aliphatic carbocycles. The predicted molar refractivity (Wildman–Crippen MR) is 74.7 cm³/mol. The molecule has 0 saturated carbocycles. The fourth-order valence-corrected chi connectivity index (χ4v) is 2.05. The number of aromatic nitrogens is 2. The molecule has 2 aromatic carbocycles. The second-order valence-corrected chi connectivity index (χ2v) is 4.82. The number of halogens is 1. The average molecular weight is 253 g/mol. The number of fused-ring (bicyclic) bond motifs is 1. The van der Waals surface area contributed by atoms with Gasteiger partial charge in [0, 0.05) is 11.6 Å². The molecule has 3 aromatic rings. The molecule has 3 heteroatoms. The first-order valence-electron chi connectivity index (χ1n) is 6.19. The van der Waals surface area contributed by atoms with Crippen LogP contribution in [0.15, 0.2) is 48.7 Å². The van der Waals surface area contributed by atoms with E-state index in [0.717, 1.165) is 16.6 Å². The first kappa shape index (κ1) is 11.9. The van der Waals surface area contributed by atoms with E-state index in [0.29, 0.717) is 0 Å². The molecule has 1 aromatic heterocycles. The first-order valence-corrected chi connectivity index (χ1v) is 6.19. The van der Waals surface area contributed by atoms with Crippen molar-refractivity contribution in [2.75, 3.05) is 0 Å². The molecule has 1 radical (unpaired) electrons. The molecule has 0 unspecified atom stereocenters. The second kappa shape index (κ2) is 4.50. The highest BCUT2D eigenvalue weighted by atomic mass is 19.1. The smallest absolute Gasteiger partial charge is 0.123 e. The van der Waals surface area contributed by atoms with Crippen LogP contribution in [0.1, 0.15) is 19.4 Å². The fraction of sp³-hybridized carbons (Fsp3) is 0.125. The van der Waals surface area contributed by atoms with Crippen LogP contribution in [0, 0.1) is 11.7 Å². The maximum Gasteiger partial charge on any atom is 0.123 e. The van der Waals surface area contributed by atoms with Gasteiger partial charge >= 0.3 is 0 Å². The lowest BCUT2D eigenvalue weighted by molar-refractivity contribution is 0.627. The summed E-state index contributed by atoms with van der Waals surface area (Å²) >= 11 is 0. The Morgan fingerprint density at radius 3 is 2.47 bits per heavy atom. The Kier molecular flexibility index (Phi) is 2.82. The number of hydrogen-bond donors (Lipinski definition) is 0. The molecule has 95 valence electrons. The summed E-state index contributed by atoms with van der Waals surface area (Å²) in [7, 11) is 0. The van der Waals surface area contributed by atoms with Crippen molar-refractivity contribution in [1.29, 1.82) is 0 Å². The highest BCUT2D eigenvalue weighted by Gasteiger charge is 2.06. The fourth-order valence-electron chi connectivity index (χ4n) is 2.05. The number of nitrogens with zero attached hydrogens (tertiary/aromatic N) is 2. The van der Waals surface area contributed by atoms with E-state index in [4.69, 9.17) is 0 Å². The van der Waals surface area contributed by atoms with Crippen LogP contribution < -0.4 is 0 Å². The van der Waals surface area contributed by atoms with E-state index in [1.54, 1.807) is 16.8 Å². The minimum atomic E-state index is -0.237. The molecule has 0 aliphatic rings. The molecule has 1 heterocycles. The summed E-state index contributed by atoms with van der Waals surface area (Å²) in [5.74, 6) is 1.03. The van der Waals surface area contributed by atoms with Crippen molar-refractivity contribution < 1.29 is 4.39 Å². The van der Waals surface area contributed by atoms with Crippen LogP contribution in [-0.2, 0) is 0 Å². The lowest BCUT2D eigenvalue weighted by Gasteiger charge is -2.02. The van der Waals surface area contributed by atoms with Crippen LogP contribution >= 0.6 is 0 Å². The minimum Gasteiger partial charge on any atom is -0.240 e. The standard InChI is InChI=1S/C16H14FN2/c1-11(2)12-3-4-13-10-19(18-16(13)9-12)15-7-5-14(17)6-8-15/h3-10H,1-2H3. The molecule has 0 fully saturated rings. The average Bonchev–Trinajstić information content (AvgIpc) is 2.82. The monoisotopic (exact) mass is 253 g/mol. The zero-order valence-electron chi connectivity index (χ0n) is 10.9. The van der Waals surface area contributed by atoms with E-state index in [9.17, 15) is 4.39 Å². The number of hydrogen-bond acceptors (Lipinski definition) is 1. The van der Waals surface area contributed by atoms with Gasteiger partial charge in [0.2, 0.25) is 0 Å². The third-order valence-corrected chi connectivity index (χ3v) is 3.18. The van der Waals surface area contributed by atoms with Gasteiger partial charge < -0.3 is 0 Å². The quantitative estimate of drug-likeness (QED) is 0.671. The Balaban J connectivity index is 2.08. The van der Waals surface area contributed by atoms with Crippen molar-refractivity contribution in [2.24, 2.45) is 0 Å². The van der Waals surface area contributed by atoms with Gasteiger partial charge in [-0.3, -0.25) is 0 Å². The van der Waals surface area contributed by atoms with Gasteiger partial charge in [0.15, 0.2) is 0 Å². The molecule has 0 N–H and O–H groups in total. The first-order chi connectivity index (χ1) is 9.13. The van der Waals surface area contributed by atoms with E-state index < -0.39 is 0 Å². The van der Waals surface area contributed by atoms with Crippen molar-refractivity contribution in [1.82, 2.24) is 9.78 Å². The summed E-state index contributed by atoms with van der Waals surface area (Å²) in [6.45, 7) is 4.16. The van der Waals surface area contributed by atoms with Gasteiger partial charge in [-0.05, 0) is 41.8 Å². The molecule has 2 nitrogen and oxygen atoms in total. The van der Waals surface area contributed by atoms with E-state index in [1.165, 1.54) is 23.6 Å². The summed E-state index contributed by atoms with van der Waals surface area (Å²) in [5, 5.41) is 5.61. The van der Waals surface area contributed by atoms with Crippen LogP contribution in [0.5, 0.6) is 0 Å². The molecule has 0 amide bonds. The van der Waals surface area contributed by atoms with Gasteiger partial charge in [0.25, 0.3) is 0 Å². The second-order valence-electron chi connectivity index (χ2n) is 4.82. The topological polar surface area (TPSA) is 17.8 Å². The van der Waals surface area contributed by atoms with E-state index in [-0.39, 0.29) is 5.82 Å². The van der Waals surface area contributed by atoms with Gasteiger partial charge in [0.05, 0.1) is 11.2 Å². The highest BCUT2D eigenvalue weighted by molar-refractivity contribution is 5.79. The van der Waals surface area contributed by atoms with Crippen molar-refractivity contribution in [3.8, 4) is 5.69 Å². The van der Waals surface area contributed by atoms with Gasteiger partial charge in [-0.25, -0.2) is 9.07 Å². The Labute approximate surface area is 111 Å². The summed E-state index contributed by atoms with van der Waals surface area (Å²) in [4.78, 5) is 0. The lowest BCUT2D eigenvalue weighted by Crippen LogP contribution is -1.93. The van der Waals surface area contributed by atoms with Crippen LogP contribution in [0.3, 0.4) is 0 Å². The van der Waals surface area contributed by atoms with Crippen molar-refractivity contribution in [3.05, 3.63) is 66.0 Å². The van der Waals surface area contributed by atoms with Crippen LogP contribution in [-0.4, -0.2) is 9.78 Å². The van der Waals surface area contributed by atoms with Gasteiger partial charge in [-0.15, -0.1) is 0 Å². The predicted octanol–water partition coefficient (Wildman–Crippen LogP) is 4.13. The molecule has 0 saturated heterocycles. The highest BCUT2D eigenvalue weighted by Crippen LogP contribution is 2.21. The van der Waals surface area contributed by atoms with Gasteiger partial charge in [-0.2, -0.15) is 5.10 Å². The third-order valence-electron chi connectivity index (χ3n) is 3.18. The third kappa shape index (κ3) is 2.24. The zero-order valence-corrected chi connectivity index (χ0v) is 10.9. The SMILES string of the molecule is C[C](C)c1ccc2cn(-c3ccc(F)cc3)nc2c1. The Hall–Kier alpha value is -2.16. The Morgan fingerprint density at radius 1 is 1.05 bits per heavy atom. The number of benzene rings is 2. The van der Waals surface area contributed by atoms with Crippen molar-refractivity contribution in [3.63, 3.8) is 0 Å². The van der Waals surface area contributed by atoms with Crippen LogP contribution in [0.4, 0.5) is 4.39 Å². The van der Waals surface area contributed by atoms with Gasteiger partial charge in [-0.1, -0.05) is 26.0 Å². The Morgan fingerprint density at radius 2 is 1.79 bits per heavy atom. The summed E-state index contributed by atoms with van der Waals surface area (Å²) in [5.41, 5.74) is 3.00. The summed E-state index contributed by atoms with van der Waals surface area (Å²) < 4.78 is 14.7. The zero-order chi connectivity index (χ0) is 13.4. The largest absolute Gasteiger partial charge is 0.240 e. The molecule has 0 atom stereocenters. The normalized spacial score (nSPS) is 11.4. The molecule has 0 bridgehead atoms. The minimum absolute atomic E-state index is 0.237. The van der Waals surface area contributed by atoms with Crippen LogP contribution in [0.2, 0.25) is 0 Å². The molecule has 3 rings (SSSR count). The molecule has 19 heavy (non-hydrogen) atoms. The van der Waals surface area contributed by atoms with Crippen molar-refractivity contribution in [2.45, 2.75) is 13.8 Å². The molecule has 0 spiro atoms. The van der Waals surface area contributed by atoms with E-state index in [1.807, 2.05) is 6.20 Å². The summed E-state index contributed by atoms with van der Waals surface area (Å²) in [6, 6.07) is 12.6. The van der Waals surface area contributed by atoms with Crippen molar-refractivity contribution >= 4 is 10.9 Å². The molecule has 0 aliphatic heterocycles. The van der Waals surface area contributed by atoms with E-state index in [2.05, 4.69) is 37.1 Å². The van der Waals surface area contributed by atoms with E-state index >= 15 is 0 Å². The number of rotatable bonds is 2. The lowest BCUT2D eigenvalue weighted by atomic mass is 10.0. The Bertz CT molecular complexity index is 711. The maximum atomic E-state index is 12.9. The van der Waals surface area contributed by atoms with Crippen LogP contribution in [0.25, 0.3) is 16.6 Å². The van der Waals surface area contributed by atoms with Gasteiger partial charge in [0.1, 0.15) is 5.82 Å². The summed E-state index contributed by atoms with van der Waals surface area (Å²) in [6.07, 6.45) is 1.96. The molecular formula is C16H14FN2. The maximum absolute atomic E-state index is 12.9. The molecular weight excluding hydrogens is 239 g/mol.